The van der Waals surface area contributed by atoms with Gasteiger partial charge in [0.25, 0.3) is 0 Å². The standard InChI is InChI=1S/C19H32N4O3/c1-5-20-19(21-8-10-26-6-2)22-15-7-9-23(14-15)16-11-17(24-3)13-18(12-16)25-4/h11-13,15H,5-10,14H2,1-4H3,(H2,20,21,22). The molecule has 1 aliphatic rings. The SMILES string of the molecule is CCNC(=NCCOCC)NC1CCN(c2cc(OC)cc(OC)c2)C1. The van der Waals surface area contributed by atoms with Crippen molar-refractivity contribution >= 4 is 11.6 Å². The van der Waals surface area contributed by atoms with Gasteiger partial charge in [0.2, 0.25) is 0 Å². The second kappa shape index (κ2) is 10.8. The van der Waals surface area contributed by atoms with Gasteiger partial charge in [-0.15, -0.1) is 0 Å². The van der Waals surface area contributed by atoms with Crippen LogP contribution in [0.1, 0.15) is 20.3 Å². The molecule has 0 bridgehead atoms. The van der Waals surface area contributed by atoms with Gasteiger partial charge in [-0.3, -0.25) is 4.99 Å². The lowest BCUT2D eigenvalue weighted by molar-refractivity contribution is 0.155. The maximum absolute atomic E-state index is 5.38. The number of ether oxygens (including phenoxy) is 3. The van der Waals surface area contributed by atoms with Crippen molar-refractivity contribution in [3.63, 3.8) is 0 Å². The largest absolute Gasteiger partial charge is 0.497 e. The zero-order valence-corrected chi connectivity index (χ0v) is 16.4. The zero-order chi connectivity index (χ0) is 18.8. The van der Waals surface area contributed by atoms with Crippen molar-refractivity contribution in [2.24, 2.45) is 4.99 Å². The van der Waals surface area contributed by atoms with Crippen LogP contribution in [0.15, 0.2) is 23.2 Å². The van der Waals surface area contributed by atoms with E-state index in [1.807, 2.05) is 25.1 Å². The van der Waals surface area contributed by atoms with Crippen LogP contribution in [0.3, 0.4) is 0 Å². The summed E-state index contributed by atoms with van der Waals surface area (Å²) in [6.07, 6.45) is 1.05. The molecule has 0 aromatic heterocycles. The summed E-state index contributed by atoms with van der Waals surface area (Å²) in [6.45, 7) is 8.82. The second-order valence-corrected chi connectivity index (χ2v) is 6.10. The van der Waals surface area contributed by atoms with Crippen LogP contribution in [-0.2, 0) is 4.74 Å². The number of anilines is 1. The highest BCUT2D eigenvalue weighted by molar-refractivity contribution is 5.80. The third-order valence-corrected chi connectivity index (χ3v) is 4.28. The van der Waals surface area contributed by atoms with Crippen LogP contribution in [0.4, 0.5) is 5.69 Å². The summed E-state index contributed by atoms with van der Waals surface area (Å²) in [5, 5.41) is 6.83. The average molecular weight is 364 g/mol. The van der Waals surface area contributed by atoms with Crippen molar-refractivity contribution in [1.82, 2.24) is 10.6 Å². The summed E-state index contributed by atoms with van der Waals surface area (Å²) in [6, 6.07) is 6.33. The predicted octanol–water partition coefficient (Wildman–Crippen LogP) is 1.87. The molecule has 1 aromatic carbocycles. The number of benzene rings is 1. The minimum Gasteiger partial charge on any atom is -0.497 e. The highest BCUT2D eigenvalue weighted by Gasteiger charge is 2.24. The van der Waals surface area contributed by atoms with Crippen molar-refractivity contribution in [3.8, 4) is 11.5 Å². The fraction of sp³-hybridized carbons (Fsp3) is 0.632. The van der Waals surface area contributed by atoms with Gasteiger partial charge in [-0.1, -0.05) is 0 Å². The quantitative estimate of drug-likeness (QED) is 0.396. The van der Waals surface area contributed by atoms with Crippen molar-refractivity contribution in [1.29, 1.82) is 0 Å². The van der Waals surface area contributed by atoms with Crippen LogP contribution in [0.2, 0.25) is 0 Å². The minimum atomic E-state index is 0.345. The first kappa shape index (κ1) is 20.2. The number of aliphatic imine (C=N–C) groups is 1. The zero-order valence-electron chi connectivity index (χ0n) is 16.4. The Balaban J connectivity index is 1.96. The second-order valence-electron chi connectivity index (χ2n) is 6.10. The number of rotatable bonds is 9. The Kier molecular flexibility index (Phi) is 8.34. The number of nitrogens with one attached hydrogen (secondary N) is 2. The molecule has 0 spiro atoms. The fourth-order valence-corrected chi connectivity index (χ4v) is 2.97. The third-order valence-electron chi connectivity index (χ3n) is 4.28. The van der Waals surface area contributed by atoms with Gasteiger partial charge in [0.05, 0.1) is 27.4 Å². The van der Waals surface area contributed by atoms with E-state index in [0.717, 1.165) is 55.8 Å². The average Bonchev–Trinajstić information content (AvgIpc) is 3.13. The number of guanidine groups is 1. The lowest BCUT2D eigenvalue weighted by Crippen LogP contribution is -2.44. The first-order valence-electron chi connectivity index (χ1n) is 9.30. The van der Waals surface area contributed by atoms with Crippen molar-refractivity contribution in [3.05, 3.63) is 18.2 Å². The molecule has 1 fully saturated rings. The molecule has 0 saturated carbocycles. The van der Waals surface area contributed by atoms with Crippen molar-refractivity contribution in [2.75, 3.05) is 58.5 Å². The maximum atomic E-state index is 5.38. The fourth-order valence-electron chi connectivity index (χ4n) is 2.97. The summed E-state index contributed by atoms with van der Waals surface area (Å²) in [5.74, 6) is 2.46. The van der Waals surface area contributed by atoms with Crippen LogP contribution in [-0.4, -0.2) is 65.6 Å². The van der Waals surface area contributed by atoms with E-state index in [4.69, 9.17) is 14.2 Å². The molecule has 2 rings (SSSR count). The lowest BCUT2D eigenvalue weighted by atomic mass is 10.2. The van der Waals surface area contributed by atoms with E-state index in [0.29, 0.717) is 19.2 Å². The van der Waals surface area contributed by atoms with Gasteiger partial charge in [0.1, 0.15) is 11.5 Å². The first-order valence-corrected chi connectivity index (χ1v) is 9.30. The molecule has 1 unspecified atom stereocenters. The highest BCUT2D eigenvalue weighted by Crippen LogP contribution is 2.30. The molecule has 7 nitrogen and oxygen atoms in total. The van der Waals surface area contributed by atoms with Crippen LogP contribution in [0, 0.1) is 0 Å². The van der Waals surface area contributed by atoms with Gasteiger partial charge in [-0.05, 0) is 20.3 Å². The molecule has 1 heterocycles. The smallest absolute Gasteiger partial charge is 0.191 e. The van der Waals surface area contributed by atoms with E-state index in [-0.39, 0.29) is 0 Å². The topological polar surface area (TPSA) is 67.4 Å². The van der Waals surface area contributed by atoms with E-state index < -0.39 is 0 Å². The van der Waals surface area contributed by atoms with Crippen molar-refractivity contribution < 1.29 is 14.2 Å². The van der Waals surface area contributed by atoms with E-state index >= 15 is 0 Å². The van der Waals surface area contributed by atoms with E-state index in [9.17, 15) is 0 Å². The molecular weight excluding hydrogens is 332 g/mol. The Bertz CT molecular complexity index is 558. The minimum absolute atomic E-state index is 0.345. The van der Waals surface area contributed by atoms with Gasteiger partial charge in [0.15, 0.2) is 5.96 Å². The van der Waals surface area contributed by atoms with Crippen LogP contribution in [0.25, 0.3) is 0 Å². The molecule has 2 N–H and O–H groups in total. The molecule has 0 amide bonds. The molecule has 26 heavy (non-hydrogen) atoms. The summed E-state index contributed by atoms with van der Waals surface area (Å²) < 4.78 is 16.1. The highest BCUT2D eigenvalue weighted by atomic mass is 16.5. The number of nitrogens with zero attached hydrogens (tertiary/aromatic N) is 2. The van der Waals surface area contributed by atoms with Gasteiger partial charge in [0, 0.05) is 56.2 Å². The third kappa shape index (κ3) is 5.98. The Morgan fingerprint density at radius 3 is 2.54 bits per heavy atom. The predicted molar refractivity (Wildman–Crippen MR) is 106 cm³/mol. The molecular formula is C19H32N4O3. The van der Waals surface area contributed by atoms with Gasteiger partial charge in [-0.2, -0.15) is 0 Å². The molecule has 1 aliphatic heterocycles. The maximum Gasteiger partial charge on any atom is 0.191 e. The van der Waals surface area contributed by atoms with Crippen molar-refractivity contribution in [2.45, 2.75) is 26.3 Å². The normalized spacial score (nSPS) is 17.3. The van der Waals surface area contributed by atoms with E-state index in [1.54, 1.807) is 14.2 Å². The summed E-state index contributed by atoms with van der Waals surface area (Å²) >= 11 is 0. The monoisotopic (exact) mass is 364 g/mol. The van der Waals surface area contributed by atoms with E-state index in [2.05, 4.69) is 27.4 Å². The molecule has 1 aromatic rings. The molecule has 0 radical (unpaired) electrons. The molecule has 1 atom stereocenters. The van der Waals surface area contributed by atoms with Gasteiger partial charge >= 0.3 is 0 Å². The Morgan fingerprint density at radius 1 is 1.19 bits per heavy atom. The van der Waals surface area contributed by atoms with Crippen LogP contribution >= 0.6 is 0 Å². The molecule has 7 heteroatoms. The Morgan fingerprint density at radius 2 is 1.92 bits per heavy atom. The summed E-state index contributed by atoms with van der Waals surface area (Å²) in [7, 11) is 3.35. The number of methoxy groups -OCH3 is 2. The van der Waals surface area contributed by atoms with Gasteiger partial charge in [-0.25, -0.2) is 0 Å². The molecule has 0 aliphatic carbocycles. The molecule has 1 saturated heterocycles. The van der Waals surface area contributed by atoms with Crippen LogP contribution < -0.4 is 25.0 Å². The Hall–Kier alpha value is -2.15. The number of hydrogen-bond donors (Lipinski definition) is 2. The lowest BCUT2D eigenvalue weighted by Gasteiger charge is -2.21. The summed E-state index contributed by atoms with van der Waals surface area (Å²) in [4.78, 5) is 6.92. The summed E-state index contributed by atoms with van der Waals surface area (Å²) in [5.41, 5.74) is 1.11. The van der Waals surface area contributed by atoms with E-state index in [1.165, 1.54) is 0 Å². The molecule has 146 valence electrons. The first-order chi connectivity index (χ1) is 12.7. The number of hydrogen-bond acceptors (Lipinski definition) is 5. The van der Waals surface area contributed by atoms with Crippen LogP contribution in [0.5, 0.6) is 11.5 Å². The van der Waals surface area contributed by atoms with Gasteiger partial charge < -0.3 is 29.7 Å². The Labute approximate surface area is 156 Å².